The zero-order chi connectivity index (χ0) is 18.6. The molecule has 2 aromatic carbocycles. The first-order chi connectivity index (χ1) is 12.4. The number of benzene rings is 2. The van der Waals surface area contributed by atoms with Crippen LogP contribution in [0.2, 0.25) is 0 Å². The van der Waals surface area contributed by atoms with Crippen LogP contribution in [0.15, 0.2) is 33.5 Å². The van der Waals surface area contributed by atoms with Crippen LogP contribution in [0.3, 0.4) is 0 Å². The van der Waals surface area contributed by atoms with Crippen molar-refractivity contribution in [1.82, 2.24) is 0 Å². The maximum atomic E-state index is 12.9. The molecule has 1 aliphatic heterocycles. The van der Waals surface area contributed by atoms with E-state index in [0.717, 1.165) is 0 Å². The summed E-state index contributed by atoms with van der Waals surface area (Å²) in [6.07, 6.45) is -0.505. The maximum absolute atomic E-state index is 12.9. The van der Waals surface area contributed by atoms with Gasteiger partial charge < -0.3 is 29.2 Å². The van der Waals surface area contributed by atoms with Crippen molar-refractivity contribution in [1.29, 1.82) is 0 Å². The van der Waals surface area contributed by atoms with Crippen molar-refractivity contribution >= 4 is 21.9 Å². The zero-order valence-electron chi connectivity index (χ0n) is 14.3. The van der Waals surface area contributed by atoms with Crippen molar-refractivity contribution < 1.29 is 29.2 Å². The summed E-state index contributed by atoms with van der Waals surface area (Å²) in [5, 5.41) is 30.4. The standard InChI is InChI=1S/C19H18O7/c1-19(23,8-20)14-6-10-13(25-14)7-11(21)15-16(22)9-4-3-5-12(24-2)17(9)26-18(10)15/h3-5,7,14,20-21,23H,6,8H2,1-2H3/t14-,19-/m1/s1. The van der Waals surface area contributed by atoms with E-state index >= 15 is 0 Å². The van der Waals surface area contributed by atoms with Crippen LogP contribution in [0, 0.1) is 0 Å². The molecule has 0 fully saturated rings. The molecule has 0 saturated heterocycles. The SMILES string of the molecule is COc1cccc2c(=O)c3c(O)cc4c(c3oc12)C[C@H]([C@](C)(O)CO)O4. The predicted molar refractivity (Wildman–Crippen MR) is 94.0 cm³/mol. The third-order valence-electron chi connectivity index (χ3n) is 4.87. The van der Waals surface area contributed by atoms with Gasteiger partial charge in [-0.15, -0.1) is 0 Å². The Balaban J connectivity index is 2.04. The number of phenols is 1. The Hall–Kier alpha value is -2.77. The summed E-state index contributed by atoms with van der Waals surface area (Å²) in [6.45, 7) is 0.969. The Morgan fingerprint density at radius 2 is 2.12 bits per heavy atom. The molecule has 4 rings (SSSR count). The number of aliphatic hydroxyl groups excluding tert-OH is 1. The van der Waals surface area contributed by atoms with Gasteiger partial charge in [-0.25, -0.2) is 0 Å². The molecule has 0 radical (unpaired) electrons. The molecule has 0 unspecified atom stereocenters. The number of aromatic hydroxyl groups is 1. The number of methoxy groups -OCH3 is 1. The summed E-state index contributed by atoms with van der Waals surface area (Å²) in [7, 11) is 1.48. The Bertz CT molecular complexity index is 1080. The van der Waals surface area contributed by atoms with Crippen LogP contribution in [0.5, 0.6) is 17.2 Å². The molecule has 0 spiro atoms. The first-order valence-electron chi connectivity index (χ1n) is 8.15. The molecule has 1 aliphatic rings. The third-order valence-corrected chi connectivity index (χ3v) is 4.87. The lowest BCUT2D eigenvalue weighted by atomic mass is 9.95. The van der Waals surface area contributed by atoms with Crippen molar-refractivity contribution in [2.45, 2.75) is 25.0 Å². The Morgan fingerprint density at radius 1 is 1.35 bits per heavy atom. The molecule has 3 N–H and O–H groups in total. The molecule has 0 aliphatic carbocycles. The monoisotopic (exact) mass is 358 g/mol. The molecule has 0 amide bonds. The van der Waals surface area contributed by atoms with Gasteiger partial charge in [0.15, 0.2) is 11.3 Å². The molecule has 2 atom stereocenters. The molecule has 2 heterocycles. The van der Waals surface area contributed by atoms with Crippen LogP contribution in [0.4, 0.5) is 0 Å². The molecule has 7 nitrogen and oxygen atoms in total. The fourth-order valence-electron chi connectivity index (χ4n) is 3.32. The molecular formula is C19H18O7. The molecular weight excluding hydrogens is 340 g/mol. The van der Waals surface area contributed by atoms with Gasteiger partial charge >= 0.3 is 0 Å². The number of phenolic OH excluding ortho intramolecular Hbond substituents is 1. The maximum Gasteiger partial charge on any atom is 0.204 e. The fraction of sp³-hybridized carbons (Fsp3) is 0.316. The summed E-state index contributed by atoms with van der Waals surface area (Å²) < 4.78 is 16.9. The lowest BCUT2D eigenvalue weighted by Gasteiger charge is -2.26. The molecule has 7 heteroatoms. The van der Waals surface area contributed by atoms with Gasteiger partial charge in [0, 0.05) is 18.1 Å². The van der Waals surface area contributed by atoms with E-state index in [1.54, 1.807) is 18.2 Å². The molecule has 136 valence electrons. The van der Waals surface area contributed by atoms with Crippen LogP contribution < -0.4 is 14.9 Å². The van der Waals surface area contributed by atoms with Gasteiger partial charge in [0.1, 0.15) is 34.2 Å². The number of aliphatic hydroxyl groups is 2. The van der Waals surface area contributed by atoms with Gasteiger partial charge in [-0.2, -0.15) is 0 Å². The van der Waals surface area contributed by atoms with Gasteiger partial charge in [-0.3, -0.25) is 4.79 Å². The summed E-state index contributed by atoms with van der Waals surface area (Å²) >= 11 is 0. The molecule has 26 heavy (non-hydrogen) atoms. The Labute approximate surface area is 148 Å². The van der Waals surface area contributed by atoms with Crippen molar-refractivity contribution in [3.05, 3.63) is 40.1 Å². The molecule has 0 saturated carbocycles. The minimum absolute atomic E-state index is 0.0531. The number of hydrogen-bond donors (Lipinski definition) is 3. The number of rotatable bonds is 3. The highest BCUT2D eigenvalue weighted by Gasteiger charge is 2.40. The van der Waals surface area contributed by atoms with Gasteiger partial charge in [0.2, 0.25) is 5.43 Å². The lowest BCUT2D eigenvalue weighted by molar-refractivity contribution is -0.0729. The highest BCUT2D eigenvalue weighted by molar-refractivity contribution is 5.97. The normalized spacial score (nSPS) is 18.5. The highest BCUT2D eigenvalue weighted by Crippen LogP contribution is 2.42. The largest absolute Gasteiger partial charge is 0.507 e. The van der Waals surface area contributed by atoms with E-state index in [2.05, 4.69) is 0 Å². The van der Waals surface area contributed by atoms with Crippen molar-refractivity contribution in [2.24, 2.45) is 0 Å². The number of hydrogen-bond acceptors (Lipinski definition) is 7. The van der Waals surface area contributed by atoms with E-state index in [-0.39, 0.29) is 34.2 Å². The van der Waals surface area contributed by atoms with Crippen molar-refractivity contribution in [3.63, 3.8) is 0 Å². The minimum Gasteiger partial charge on any atom is -0.507 e. The summed E-state index contributed by atoms with van der Waals surface area (Å²) in [5.74, 6) is 0.448. The average molecular weight is 358 g/mol. The smallest absolute Gasteiger partial charge is 0.204 e. The summed E-state index contributed by atoms with van der Waals surface area (Å²) in [6, 6.07) is 6.29. The second-order valence-electron chi connectivity index (χ2n) is 6.67. The quantitative estimate of drug-likeness (QED) is 0.612. The molecule has 0 bridgehead atoms. The lowest BCUT2D eigenvalue weighted by Crippen LogP contribution is -2.45. The van der Waals surface area contributed by atoms with E-state index in [1.165, 1.54) is 20.1 Å². The zero-order valence-corrected chi connectivity index (χ0v) is 14.3. The summed E-state index contributed by atoms with van der Waals surface area (Å²) in [4.78, 5) is 12.9. The highest BCUT2D eigenvalue weighted by atomic mass is 16.5. The van der Waals surface area contributed by atoms with Crippen molar-refractivity contribution in [3.8, 4) is 17.2 Å². The molecule has 3 aromatic rings. The van der Waals surface area contributed by atoms with Crippen molar-refractivity contribution in [2.75, 3.05) is 13.7 Å². The first-order valence-corrected chi connectivity index (χ1v) is 8.15. The van der Waals surface area contributed by atoms with Crippen LogP contribution in [-0.4, -0.2) is 40.7 Å². The van der Waals surface area contributed by atoms with Gasteiger partial charge in [-0.1, -0.05) is 6.07 Å². The first kappa shape index (κ1) is 16.7. The van der Waals surface area contributed by atoms with Crippen LogP contribution in [0.25, 0.3) is 21.9 Å². The number of para-hydroxylation sites is 1. The van der Waals surface area contributed by atoms with E-state index in [4.69, 9.17) is 13.9 Å². The fourth-order valence-corrected chi connectivity index (χ4v) is 3.32. The van der Waals surface area contributed by atoms with E-state index in [1.807, 2.05) is 0 Å². The average Bonchev–Trinajstić information content (AvgIpc) is 3.06. The summed E-state index contributed by atoms with van der Waals surface area (Å²) in [5.41, 5.74) is -0.828. The topological polar surface area (TPSA) is 109 Å². The van der Waals surface area contributed by atoms with Crippen LogP contribution >= 0.6 is 0 Å². The van der Waals surface area contributed by atoms with E-state index in [9.17, 15) is 20.1 Å². The number of fused-ring (bicyclic) bond motifs is 4. The minimum atomic E-state index is -1.48. The van der Waals surface area contributed by atoms with E-state index < -0.39 is 18.3 Å². The Kier molecular flexibility index (Phi) is 3.61. The Morgan fingerprint density at radius 3 is 2.81 bits per heavy atom. The van der Waals surface area contributed by atoms with Crippen LogP contribution in [0.1, 0.15) is 12.5 Å². The second kappa shape index (κ2) is 5.62. The van der Waals surface area contributed by atoms with Crippen LogP contribution in [-0.2, 0) is 6.42 Å². The third kappa shape index (κ3) is 2.24. The second-order valence-corrected chi connectivity index (χ2v) is 6.67. The van der Waals surface area contributed by atoms with Gasteiger partial charge in [0.05, 0.1) is 19.1 Å². The van der Waals surface area contributed by atoms with E-state index in [0.29, 0.717) is 22.4 Å². The van der Waals surface area contributed by atoms with Gasteiger partial charge in [0.25, 0.3) is 0 Å². The number of ether oxygens (including phenoxy) is 2. The molecule has 1 aromatic heterocycles. The van der Waals surface area contributed by atoms with Gasteiger partial charge in [-0.05, 0) is 19.1 Å². The predicted octanol–water partition coefficient (Wildman–Crippen LogP) is 1.71.